The number of anilines is 2. The number of benzene rings is 2. The zero-order valence-corrected chi connectivity index (χ0v) is 18.5. The van der Waals surface area contributed by atoms with Gasteiger partial charge in [-0.2, -0.15) is 4.98 Å². The maximum absolute atomic E-state index is 13.4. The van der Waals surface area contributed by atoms with Crippen LogP contribution in [0.15, 0.2) is 65.0 Å². The summed E-state index contributed by atoms with van der Waals surface area (Å²) < 4.78 is 1.78. The SMILES string of the molecule is CCSc1nc2n(n1)[C@H](c1ccc(Cl)cc1)C(C(=O)Nc1ccccc1C)=C(C)N2. The molecule has 0 radical (unpaired) electrons. The Kier molecular flexibility index (Phi) is 5.83. The van der Waals surface area contributed by atoms with Crippen LogP contribution in [0.5, 0.6) is 0 Å². The van der Waals surface area contributed by atoms with Crippen molar-refractivity contribution in [1.82, 2.24) is 14.8 Å². The average Bonchev–Trinajstić information content (AvgIpc) is 3.11. The van der Waals surface area contributed by atoms with Crippen LogP contribution in [0, 0.1) is 6.92 Å². The quantitative estimate of drug-likeness (QED) is 0.529. The van der Waals surface area contributed by atoms with Crippen LogP contribution in [0.2, 0.25) is 5.02 Å². The molecule has 154 valence electrons. The number of thioether (sulfide) groups is 1. The summed E-state index contributed by atoms with van der Waals surface area (Å²) in [7, 11) is 0. The molecule has 30 heavy (non-hydrogen) atoms. The molecule has 8 heteroatoms. The lowest BCUT2D eigenvalue weighted by atomic mass is 9.95. The van der Waals surface area contributed by atoms with E-state index in [1.807, 2.05) is 62.4 Å². The Morgan fingerprint density at radius 3 is 2.63 bits per heavy atom. The van der Waals surface area contributed by atoms with Crippen LogP contribution in [0.1, 0.15) is 31.0 Å². The number of hydrogen-bond donors (Lipinski definition) is 2. The van der Waals surface area contributed by atoms with E-state index in [1.165, 1.54) is 0 Å². The van der Waals surface area contributed by atoms with E-state index < -0.39 is 6.04 Å². The minimum Gasteiger partial charge on any atom is -0.328 e. The summed E-state index contributed by atoms with van der Waals surface area (Å²) in [5.74, 6) is 1.30. The van der Waals surface area contributed by atoms with E-state index in [9.17, 15) is 4.79 Å². The second kappa shape index (κ2) is 8.53. The number of carbonyl (C=O) groups is 1. The number of fused-ring (bicyclic) bond motifs is 1. The van der Waals surface area contributed by atoms with Crippen molar-refractivity contribution in [1.29, 1.82) is 0 Å². The Bertz CT molecular complexity index is 1120. The zero-order valence-electron chi connectivity index (χ0n) is 16.9. The Labute approximate surface area is 184 Å². The first kappa shape index (κ1) is 20.5. The highest BCUT2D eigenvalue weighted by Crippen LogP contribution is 2.37. The molecule has 1 amide bonds. The highest BCUT2D eigenvalue weighted by atomic mass is 35.5. The van der Waals surface area contributed by atoms with E-state index in [-0.39, 0.29) is 5.91 Å². The van der Waals surface area contributed by atoms with E-state index in [0.717, 1.165) is 28.3 Å². The lowest BCUT2D eigenvalue weighted by Gasteiger charge is -2.28. The summed E-state index contributed by atoms with van der Waals surface area (Å²) in [6.07, 6.45) is 0. The van der Waals surface area contributed by atoms with E-state index in [0.29, 0.717) is 21.7 Å². The lowest BCUT2D eigenvalue weighted by molar-refractivity contribution is -0.113. The topological polar surface area (TPSA) is 71.8 Å². The third-order valence-electron chi connectivity index (χ3n) is 4.93. The molecule has 1 aliphatic heterocycles. The predicted octanol–water partition coefficient (Wildman–Crippen LogP) is 5.28. The summed E-state index contributed by atoms with van der Waals surface area (Å²) in [5.41, 5.74) is 4.03. The van der Waals surface area contributed by atoms with Crippen LogP contribution < -0.4 is 10.6 Å². The van der Waals surface area contributed by atoms with Crippen LogP contribution in [0.25, 0.3) is 0 Å². The number of nitrogens with zero attached hydrogens (tertiary/aromatic N) is 3. The van der Waals surface area contributed by atoms with Crippen molar-refractivity contribution in [2.75, 3.05) is 16.4 Å². The summed E-state index contributed by atoms with van der Waals surface area (Å²) in [4.78, 5) is 18.0. The number of nitrogens with one attached hydrogen (secondary N) is 2. The predicted molar refractivity (Wildman–Crippen MR) is 122 cm³/mol. The van der Waals surface area contributed by atoms with Gasteiger partial charge in [0.1, 0.15) is 6.04 Å². The number of carbonyl (C=O) groups excluding carboxylic acids is 1. The molecule has 0 aliphatic carbocycles. The largest absolute Gasteiger partial charge is 0.328 e. The standard InChI is InChI=1S/C22H22ClN5OS/c1-4-30-22-26-21-24-14(3)18(20(29)25-17-8-6-5-7-13(17)2)19(28(21)27-22)15-9-11-16(23)12-10-15/h5-12,19H,4H2,1-3H3,(H,25,29)(H,24,26,27)/t19-/m1/s1. The van der Waals surface area contributed by atoms with Gasteiger partial charge in [0.05, 0.1) is 5.57 Å². The van der Waals surface area contributed by atoms with Gasteiger partial charge in [0.2, 0.25) is 11.1 Å². The minimum atomic E-state index is -0.416. The highest BCUT2D eigenvalue weighted by Gasteiger charge is 2.34. The molecule has 2 N–H and O–H groups in total. The lowest BCUT2D eigenvalue weighted by Crippen LogP contribution is -2.31. The van der Waals surface area contributed by atoms with E-state index in [4.69, 9.17) is 11.6 Å². The first-order chi connectivity index (χ1) is 14.5. The second-order valence-corrected chi connectivity index (χ2v) is 8.65. The molecule has 1 aromatic heterocycles. The molecular formula is C22H22ClN5OS. The van der Waals surface area contributed by atoms with Crippen molar-refractivity contribution >= 4 is 40.9 Å². The zero-order chi connectivity index (χ0) is 21.3. The van der Waals surface area contributed by atoms with E-state index in [2.05, 4.69) is 27.6 Å². The molecule has 2 heterocycles. The first-order valence-electron chi connectivity index (χ1n) is 9.67. The smallest absolute Gasteiger partial charge is 0.255 e. The molecule has 0 saturated carbocycles. The Morgan fingerprint density at radius 2 is 1.93 bits per heavy atom. The normalized spacial score (nSPS) is 15.5. The van der Waals surface area contributed by atoms with Crippen molar-refractivity contribution in [2.45, 2.75) is 32.0 Å². The van der Waals surface area contributed by atoms with Gasteiger partial charge in [0.25, 0.3) is 5.91 Å². The number of aromatic nitrogens is 3. The fraction of sp³-hybridized carbons (Fsp3) is 0.227. The highest BCUT2D eigenvalue weighted by molar-refractivity contribution is 7.99. The average molecular weight is 440 g/mol. The van der Waals surface area contributed by atoms with Gasteiger partial charge in [-0.1, -0.05) is 60.6 Å². The molecule has 2 aromatic carbocycles. The fourth-order valence-electron chi connectivity index (χ4n) is 3.47. The van der Waals surface area contributed by atoms with Crippen molar-refractivity contribution in [3.05, 3.63) is 76.0 Å². The van der Waals surface area contributed by atoms with E-state index >= 15 is 0 Å². The molecule has 0 spiro atoms. The van der Waals surface area contributed by atoms with Gasteiger partial charge >= 0.3 is 0 Å². The number of amides is 1. The number of allylic oxidation sites excluding steroid dienone is 1. The molecular weight excluding hydrogens is 418 g/mol. The summed E-state index contributed by atoms with van der Waals surface area (Å²) in [5, 5.41) is 12.3. The van der Waals surface area contributed by atoms with Crippen LogP contribution >= 0.6 is 23.4 Å². The number of aryl methyl sites for hydroxylation is 1. The molecule has 1 aliphatic rings. The molecule has 6 nitrogen and oxygen atoms in total. The number of para-hydroxylation sites is 1. The summed E-state index contributed by atoms with van der Waals surface area (Å²) in [6, 6.07) is 14.8. The summed E-state index contributed by atoms with van der Waals surface area (Å²) in [6.45, 7) is 5.91. The van der Waals surface area contributed by atoms with Gasteiger partial charge in [-0.3, -0.25) is 4.79 Å². The molecule has 0 unspecified atom stereocenters. The van der Waals surface area contributed by atoms with Crippen molar-refractivity contribution in [3.8, 4) is 0 Å². The Morgan fingerprint density at radius 1 is 1.20 bits per heavy atom. The number of hydrogen-bond acceptors (Lipinski definition) is 5. The van der Waals surface area contributed by atoms with Crippen molar-refractivity contribution in [2.24, 2.45) is 0 Å². The van der Waals surface area contributed by atoms with Crippen molar-refractivity contribution < 1.29 is 4.79 Å². The Balaban J connectivity index is 1.78. The fourth-order valence-corrected chi connectivity index (χ4v) is 4.15. The van der Waals surface area contributed by atoms with Gasteiger partial charge in [0, 0.05) is 16.4 Å². The molecule has 0 saturated heterocycles. The van der Waals surface area contributed by atoms with Gasteiger partial charge in [0.15, 0.2) is 0 Å². The van der Waals surface area contributed by atoms with Gasteiger partial charge in [-0.25, -0.2) is 4.68 Å². The maximum atomic E-state index is 13.4. The van der Waals surface area contributed by atoms with E-state index in [1.54, 1.807) is 16.4 Å². The molecule has 0 bridgehead atoms. The third-order valence-corrected chi connectivity index (χ3v) is 5.90. The van der Waals surface area contributed by atoms with Crippen LogP contribution in [-0.2, 0) is 4.79 Å². The monoisotopic (exact) mass is 439 g/mol. The number of halogens is 1. The van der Waals surface area contributed by atoms with Crippen LogP contribution in [0.3, 0.4) is 0 Å². The molecule has 4 rings (SSSR count). The molecule has 3 aromatic rings. The van der Waals surface area contributed by atoms with Crippen LogP contribution in [-0.4, -0.2) is 26.4 Å². The van der Waals surface area contributed by atoms with Gasteiger partial charge in [-0.15, -0.1) is 5.10 Å². The molecule has 1 atom stereocenters. The van der Waals surface area contributed by atoms with Gasteiger partial charge < -0.3 is 10.6 Å². The Hall–Kier alpha value is -2.77. The third kappa shape index (κ3) is 3.95. The van der Waals surface area contributed by atoms with Crippen LogP contribution in [0.4, 0.5) is 11.6 Å². The number of rotatable bonds is 5. The first-order valence-corrected chi connectivity index (χ1v) is 11.0. The van der Waals surface area contributed by atoms with Crippen molar-refractivity contribution in [3.63, 3.8) is 0 Å². The summed E-state index contributed by atoms with van der Waals surface area (Å²) >= 11 is 7.67. The second-order valence-electron chi connectivity index (χ2n) is 6.98. The minimum absolute atomic E-state index is 0.180. The maximum Gasteiger partial charge on any atom is 0.255 e. The molecule has 0 fully saturated rings. The van der Waals surface area contributed by atoms with Gasteiger partial charge in [-0.05, 0) is 48.9 Å².